The van der Waals surface area contributed by atoms with Crippen LogP contribution in [0.2, 0.25) is 0 Å². The molecule has 1 N–H and O–H groups in total. The van der Waals surface area contributed by atoms with E-state index in [1.54, 1.807) is 44.3 Å². The van der Waals surface area contributed by atoms with Gasteiger partial charge in [0.15, 0.2) is 11.5 Å². The van der Waals surface area contributed by atoms with Gasteiger partial charge >= 0.3 is 0 Å². The summed E-state index contributed by atoms with van der Waals surface area (Å²) >= 11 is 1.67. The first-order chi connectivity index (χ1) is 13.6. The van der Waals surface area contributed by atoms with Gasteiger partial charge in [0.05, 0.1) is 26.0 Å². The van der Waals surface area contributed by atoms with Gasteiger partial charge in [-0.05, 0) is 30.0 Å². The predicted molar refractivity (Wildman–Crippen MR) is 112 cm³/mol. The number of hydrogen-bond donors (Lipinski definition) is 1. The van der Waals surface area contributed by atoms with E-state index >= 15 is 0 Å². The van der Waals surface area contributed by atoms with E-state index in [1.807, 2.05) is 30.5 Å². The molecular weight excluding hydrogens is 376 g/mol. The van der Waals surface area contributed by atoms with Crippen molar-refractivity contribution < 1.29 is 9.47 Å². The minimum atomic E-state index is -0.281. The zero-order valence-electron chi connectivity index (χ0n) is 15.6. The van der Waals surface area contributed by atoms with Crippen LogP contribution in [-0.2, 0) is 0 Å². The smallest absolute Gasteiger partial charge is 0.298 e. The highest BCUT2D eigenvalue weighted by Gasteiger charge is 2.14. The number of nitrogens with zero attached hydrogens (tertiary/aromatic N) is 3. The summed E-state index contributed by atoms with van der Waals surface area (Å²) in [6.07, 6.45) is 5.07. The predicted octanol–water partition coefficient (Wildman–Crippen LogP) is 3.50. The highest BCUT2D eigenvalue weighted by Crippen LogP contribution is 2.34. The lowest BCUT2D eigenvalue weighted by atomic mass is 10.2. The van der Waals surface area contributed by atoms with Crippen molar-refractivity contribution in [2.24, 2.45) is 5.10 Å². The zero-order valence-corrected chi connectivity index (χ0v) is 16.4. The fraction of sp³-hybridized carbons (Fsp3) is 0.150. The molecule has 8 heteroatoms. The highest BCUT2D eigenvalue weighted by molar-refractivity contribution is 7.98. The normalized spacial score (nSPS) is 11.5. The Balaban J connectivity index is 1.78. The topological polar surface area (TPSA) is 81.5 Å². The Morgan fingerprint density at radius 3 is 2.54 bits per heavy atom. The Labute approximate surface area is 165 Å². The van der Waals surface area contributed by atoms with E-state index in [2.05, 4.69) is 15.1 Å². The third-order valence-electron chi connectivity index (χ3n) is 4.44. The average Bonchev–Trinajstić information content (AvgIpc) is 3.11. The third-order valence-corrected chi connectivity index (χ3v) is 5.18. The number of H-pyrrole nitrogens is 1. The number of benzene rings is 2. The van der Waals surface area contributed by atoms with Crippen molar-refractivity contribution in [2.45, 2.75) is 4.90 Å². The number of ether oxygens (including phenoxy) is 2. The SMILES string of the molecule is COc1cc2[nH]c3c(=O)n(/N=C\c4ccc(SC)cc4)cnc3c2cc1OC. The van der Waals surface area contributed by atoms with Crippen molar-refractivity contribution in [1.82, 2.24) is 14.6 Å². The Hall–Kier alpha value is -3.26. The first-order valence-corrected chi connectivity index (χ1v) is 9.70. The molecule has 2 aromatic heterocycles. The first kappa shape index (κ1) is 18.1. The number of rotatable bonds is 5. The van der Waals surface area contributed by atoms with Crippen molar-refractivity contribution in [2.75, 3.05) is 20.5 Å². The maximum Gasteiger partial charge on any atom is 0.298 e. The molecule has 0 saturated carbocycles. The van der Waals surface area contributed by atoms with Crippen LogP contribution in [0.5, 0.6) is 11.5 Å². The molecule has 0 aliphatic rings. The Bertz CT molecular complexity index is 1240. The molecule has 0 unspecified atom stereocenters. The molecular formula is C20H18N4O3S. The maximum absolute atomic E-state index is 12.8. The second kappa shape index (κ2) is 7.40. The number of thioether (sulfide) groups is 1. The molecule has 0 atom stereocenters. The molecule has 7 nitrogen and oxygen atoms in total. The van der Waals surface area contributed by atoms with E-state index in [0.29, 0.717) is 22.5 Å². The van der Waals surface area contributed by atoms with Crippen molar-refractivity contribution in [3.63, 3.8) is 0 Å². The maximum atomic E-state index is 12.8. The lowest BCUT2D eigenvalue weighted by molar-refractivity contribution is 0.356. The van der Waals surface area contributed by atoms with E-state index in [-0.39, 0.29) is 5.56 Å². The number of aromatic nitrogens is 3. The van der Waals surface area contributed by atoms with E-state index in [4.69, 9.17) is 9.47 Å². The Morgan fingerprint density at radius 2 is 1.86 bits per heavy atom. The van der Waals surface area contributed by atoms with Crippen molar-refractivity contribution in [3.05, 3.63) is 58.6 Å². The molecule has 0 aliphatic heterocycles. The standard InChI is InChI=1S/C20H18N4O3S/c1-26-16-8-14-15(9-17(16)27-2)23-19-18(14)21-11-24(20(19)25)22-10-12-4-6-13(28-3)7-5-12/h4-11,23H,1-3H3/b22-10-. The van der Waals surface area contributed by atoms with Crippen LogP contribution in [0.1, 0.15) is 5.56 Å². The van der Waals surface area contributed by atoms with Crippen LogP contribution in [0.3, 0.4) is 0 Å². The zero-order chi connectivity index (χ0) is 19.7. The summed E-state index contributed by atoms with van der Waals surface area (Å²) in [6, 6.07) is 11.5. The highest BCUT2D eigenvalue weighted by atomic mass is 32.2. The van der Waals surface area contributed by atoms with Gasteiger partial charge < -0.3 is 14.5 Å². The molecule has 0 saturated heterocycles. The quantitative estimate of drug-likeness (QED) is 0.414. The molecule has 28 heavy (non-hydrogen) atoms. The van der Waals surface area contributed by atoms with Crippen LogP contribution in [0.25, 0.3) is 21.9 Å². The molecule has 0 amide bonds. The van der Waals surface area contributed by atoms with Crippen LogP contribution in [-0.4, -0.2) is 41.3 Å². The molecule has 0 aliphatic carbocycles. The minimum absolute atomic E-state index is 0.281. The van der Waals surface area contributed by atoms with Crippen LogP contribution >= 0.6 is 11.8 Å². The van der Waals surface area contributed by atoms with Crippen LogP contribution < -0.4 is 15.0 Å². The molecule has 4 aromatic rings. The Morgan fingerprint density at radius 1 is 1.14 bits per heavy atom. The van der Waals surface area contributed by atoms with Gasteiger partial charge in [0.2, 0.25) is 0 Å². The van der Waals surface area contributed by atoms with Gasteiger partial charge in [-0.15, -0.1) is 11.8 Å². The lowest BCUT2D eigenvalue weighted by Crippen LogP contribution is -2.17. The summed E-state index contributed by atoms with van der Waals surface area (Å²) < 4.78 is 11.9. The molecule has 142 valence electrons. The van der Waals surface area contributed by atoms with Crippen LogP contribution in [0, 0.1) is 0 Å². The second-order valence-corrected chi connectivity index (χ2v) is 6.89. The average molecular weight is 394 g/mol. The molecule has 2 heterocycles. The molecule has 0 bridgehead atoms. The van der Waals surface area contributed by atoms with Gasteiger partial charge in [0.1, 0.15) is 17.4 Å². The second-order valence-electron chi connectivity index (χ2n) is 6.01. The molecule has 4 rings (SSSR count). The number of fused-ring (bicyclic) bond motifs is 3. The lowest BCUT2D eigenvalue weighted by Gasteiger charge is -2.06. The number of nitrogens with one attached hydrogen (secondary N) is 1. The fourth-order valence-corrected chi connectivity index (χ4v) is 3.38. The van der Waals surface area contributed by atoms with E-state index < -0.39 is 0 Å². The summed E-state index contributed by atoms with van der Waals surface area (Å²) in [4.78, 5) is 21.5. The summed E-state index contributed by atoms with van der Waals surface area (Å²) in [5.41, 5.74) is 2.30. The van der Waals surface area contributed by atoms with Crippen LogP contribution in [0.15, 0.2) is 57.5 Å². The molecule has 0 fully saturated rings. The number of methoxy groups -OCH3 is 2. The summed E-state index contributed by atoms with van der Waals surface area (Å²) in [6.45, 7) is 0. The van der Waals surface area contributed by atoms with Crippen LogP contribution in [0.4, 0.5) is 0 Å². The number of aromatic amines is 1. The minimum Gasteiger partial charge on any atom is -0.493 e. The number of hydrogen-bond acceptors (Lipinski definition) is 6. The van der Waals surface area contributed by atoms with E-state index in [9.17, 15) is 4.79 Å². The summed E-state index contributed by atoms with van der Waals surface area (Å²) in [5.74, 6) is 1.15. The largest absolute Gasteiger partial charge is 0.493 e. The van der Waals surface area contributed by atoms with E-state index in [0.717, 1.165) is 16.5 Å². The van der Waals surface area contributed by atoms with Crippen molar-refractivity contribution >= 4 is 39.9 Å². The fourth-order valence-electron chi connectivity index (χ4n) is 2.98. The van der Waals surface area contributed by atoms with Gasteiger partial charge in [0.25, 0.3) is 5.56 Å². The van der Waals surface area contributed by atoms with Gasteiger partial charge in [-0.25, -0.2) is 4.98 Å². The van der Waals surface area contributed by atoms with Crippen molar-refractivity contribution in [1.29, 1.82) is 0 Å². The summed E-state index contributed by atoms with van der Waals surface area (Å²) in [7, 11) is 3.14. The third kappa shape index (κ3) is 3.11. The summed E-state index contributed by atoms with van der Waals surface area (Å²) in [5, 5.41) is 5.05. The van der Waals surface area contributed by atoms with Gasteiger partial charge in [-0.1, -0.05) is 12.1 Å². The molecule has 0 spiro atoms. The first-order valence-electron chi connectivity index (χ1n) is 8.48. The molecule has 0 radical (unpaired) electrons. The monoisotopic (exact) mass is 394 g/mol. The Kier molecular flexibility index (Phi) is 4.79. The van der Waals surface area contributed by atoms with Gasteiger partial charge in [0, 0.05) is 16.3 Å². The van der Waals surface area contributed by atoms with Gasteiger partial charge in [-0.3, -0.25) is 4.79 Å². The van der Waals surface area contributed by atoms with Gasteiger partial charge in [-0.2, -0.15) is 9.78 Å². The van der Waals surface area contributed by atoms with Crippen molar-refractivity contribution in [3.8, 4) is 11.5 Å². The van der Waals surface area contributed by atoms with E-state index in [1.165, 1.54) is 15.9 Å². The molecule has 2 aromatic carbocycles.